The van der Waals surface area contributed by atoms with Crippen LogP contribution in [0.1, 0.15) is 5.56 Å². The third kappa shape index (κ3) is 1.87. The van der Waals surface area contributed by atoms with Crippen molar-refractivity contribution in [2.75, 3.05) is 5.73 Å². The first kappa shape index (κ1) is 10.2. The lowest BCUT2D eigenvalue weighted by atomic mass is 10.2. The number of anilines is 1. The molecule has 0 spiro atoms. The van der Waals surface area contributed by atoms with Gasteiger partial charge in [-0.15, -0.1) is 11.3 Å². The zero-order valence-electron chi connectivity index (χ0n) is 9.34. The van der Waals surface area contributed by atoms with E-state index in [-0.39, 0.29) is 0 Å². The number of benzene rings is 1. The van der Waals surface area contributed by atoms with Gasteiger partial charge in [0.25, 0.3) is 0 Å². The Balaban J connectivity index is 2.18. The van der Waals surface area contributed by atoms with Gasteiger partial charge in [-0.25, -0.2) is 4.98 Å². The molecule has 0 aliphatic carbocycles. The summed E-state index contributed by atoms with van der Waals surface area (Å²) in [6.45, 7) is 2.03. The van der Waals surface area contributed by atoms with E-state index in [2.05, 4.69) is 16.0 Å². The third-order valence-corrected chi connectivity index (χ3v) is 3.60. The molecule has 3 rings (SSSR count). The predicted octanol–water partition coefficient (Wildman–Crippen LogP) is 3.25. The van der Waals surface area contributed by atoms with Crippen LogP contribution in [0.2, 0.25) is 0 Å². The molecule has 0 aliphatic rings. The van der Waals surface area contributed by atoms with Crippen LogP contribution < -0.4 is 5.73 Å². The number of aryl methyl sites for hydroxylation is 1. The molecular formula is C13H11N3S. The van der Waals surface area contributed by atoms with Crippen LogP contribution >= 0.6 is 11.3 Å². The molecule has 17 heavy (non-hydrogen) atoms. The highest BCUT2D eigenvalue weighted by atomic mass is 32.1. The molecule has 2 heterocycles. The second kappa shape index (κ2) is 3.82. The van der Waals surface area contributed by atoms with Gasteiger partial charge in [0.05, 0.1) is 10.2 Å². The summed E-state index contributed by atoms with van der Waals surface area (Å²) < 4.78 is 1.11. The van der Waals surface area contributed by atoms with Gasteiger partial charge in [0.2, 0.25) is 0 Å². The summed E-state index contributed by atoms with van der Waals surface area (Å²) in [6.07, 6.45) is 3.68. The Morgan fingerprint density at radius 3 is 2.88 bits per heavy atom. The SMILES string of the molecule is Cc1cncc(-c2nc3ccc(N)cc3s2)c1. The molecule has 4 heteroatoms. The fourth-order valence-corrected chi connectivity index (χ4v) is 2.73. The molecule has 0 unspecified atom stereocenters. The van der Waals surface area contributed by atoms with Crippen LogP contribution in [-0.4, -0.2) is 9.97 Å². The monoisotopic (exact) mass is 241 g/mol. The van der Waals surface area contributed by atoms with Gasteiger partial charge in [-0.05, 0) is 36.8 Å². The number of nitrogen functional groups attached to an aromatic ring is 1. The molecule has 2 N–H and O–H groups in total. The summed E-state index contributed by atoms with van der Waals surface area (Å²) in [7, 11) is 0. The standard InChI is InChI=1S/C13H11N3S/c1-8-4-9(7-15-6-8)13-16-11-3-2-10(14)5-12(11)17-13/h2-7H,14H2,1H3. The van der Waals surface area contributed by atoms with Crippen LogP contribution in [0.4, 0.5) is 5.69 Å². The Kier molecular flexibility index (Phi) is 2.30. The first-order valence-corrected chi connectivity index (χ1v) is 6.12. The number of thiazole rings is 1. The zero-order chi connectivity index (χ0) is 11.8. The minimum Gasteiger partial charge on any atom is -0.399 e. The van der Waals surface area contributed by atoms with Gasteiger partial charge >= 0.3 is 0 Å². The van der Waals surface area contributed by atoms with E-state index in [0.29, 0.717) is 0 Å². The van der Waals surface area contributed by atoms with Crippen LogP contribution in [0.3, 0.4) is 0 Å². The van der Waals surface area contributed by atoms with Crippen molar-refractivity contribution in [3.05, 3.63) is 42.2 Å². The van der Waals surface area contributed by atoms with Crippen molar-refractivity contribution in [1.82, 2.24) is 9.97 Å². The molecule has 1 aromatic carbocycles. The normalized spacial score (nSPS) is 10.9. The molecule has 84 valence electrons. The second-order valence-corrected chi connectivity index (χ2v) is 5.03. The highest BCUT2D eigenvalue weighted by Gasteiger charge is 2.06. The van der Waals surface area contributed by atoms with Crippen LogP contribution in [0.15, 0.2) is 36.7 Å². The van der Waals surface area contributed by atoms with E-state index in [9.17, 15) is 0 Å². The number of pyridine rings is 1. The fraction of sp³-hybridized carbons (Fsp3) is 0.0769. The van der Waals surface area contributed by atoms with E-state index in [1.807, 2.05) is 37.5 Å². The van der Waals surface area contributed by atoms with E-state index in [0.717, 1.165) is 32.0 Å². The minimum absolute atomic E-state index is 0.773. The van der Waals surface area contributed by atoms with E-state index >= 15 is 0 Å². The molecule has 0 saturated heterocycles. The summed E-state index contributed by atoms with van der Waals surface area (Å²) in [5, 5.41) is 0.988. The smallest absolute Gasteiger partial charge is 0.126 e. The van der Waals surface area contributed by atoms with Gasteiger partial charge in [-0.2, -0.15) is 0 Å². The number of nitrogens with zero attached hydrogens (tertiary/aromatic N) is 2. The lowest BCUT2D eigenvalue weighted by Crippen LogP contribution is -1.82. The number of rotatable bonds is 1. The average Bonchev–Trinajstić information content (AvgIpc) is 2.72. The molecule has 0 bridgehead atoms. The number of nitrogens with two attached hydrogens (primary N) is 1. The van der Waals surface area contributed by atoms with Crippen molar-refractivity contribution in [2.24, 2.45) is 0 Å². The Morgan fingerprint density at radius 1 is 1.18 bits per heavy atom. The van der Waals surface area contributed by atoms with E-state index < -0.39 is 0 Å². The maximum absolute atomic E-state index is 5.76. The molecule has 0 radical (unpaired) electrons. The van der Waals surface area contributed by atoms with Crippen LogP contribution in [0.25, 0.3) is 20.8 Å². The summed E-state index contributed by atoms with van der Waals surface area (Å²) in [5.74, 6) is 0. The summed E-state index contributed by atoms with van der Waals surface area (Å²) in [4.78, 5) is 8.78. The molecule has 0 amide bonds. The van der Waals surface area contributed by atoms with Gasteiger partial charge in [-0.1, -0.05) is 0 Å². The first-order valence-electron chi connectivity index (χ1n) is 5.30. The van der Waals surface area contributed by atoms with Gasteiger partial charge in [0.1, 0.15) is 5.01 Å². The van der Waals surface area contributed by atoms with Crippen molar-refractivity contribution in [3.63, 3.8) is 0 Å². The first-order chi connectivity index (χ1) is 8.22. The largest absolute Gasteiger partial charge is 0.399 e. The lowest BCUT2D eigenvalue weighted by molar-refractivity contribution is 1.26. The number of hydrogen-bond donors (Lipinski definition) is 1. The predicted molar refractivity (Wildman–Crippen MR) is 72.0 cm³/mol. The Hall–Kier alpha value is -1.94. The van der Waals surface area contributed by atoms with Crippen molar-refractivity contribution < 1.29 is 0 Å². The van der Waals surface area contributed by atoms with Crippen molar-refractivity contribution in [2.45, 2.75) is 6.92 Å². The quantitative estimate of drug-likeness (QED) is 0.665. The highest BCUT2D eigenvalue weighted by Crippen LogP contribution is 2.30. The Bertz CT molecular complexity index is 688. The summed E-state index contributed by atoms with van der Waals surface area (Å²) in [5.41, 5.74) is 9.72. The molecule has 0 saturated carbocycles. The summed E-state index contributed by atoms with van der Waals surface area (Å²) in [6, 6.07) is 7.88. The van der Waals surface area contributed by atoms with E-state index in [4.69, 9.17) is 5.73 Å². The molecular weight excluding hydrogens is 230 g/mol. The number of fused-ring (bicyclic) bond motifs is 1. The van der Waals surface area contributed by atoms with Crippen LogP contribution in [0, 0.1) is 6.92 Å². The topological polar surface area (TPSA) is 51.8 Å². The maximum atomic E-state index is 5.76. The van der Waals surface area contributed by atoms with Gasteiger partial charge in [0, 0.05) is 23.6 Å². The van der Waals surface area contributed by atoms with Crippen LogP contribution in [-0.2, 0) is 0 Å². The molecule has 0 fully saturated rings. The Labute approximate surface area is 103 Å². The van der Waals surface area contributed by atoms with Crippen molar-refractivity contribution >= 4 is 27.2 Å². The van der Waals surface area contributed by atoms with E-state index in [1.54, 1.807) is 11.3 Å². The fourth-order valence-electron chi connectivity index (χ4n) is 1.74. The van der Waals surface area contributed by atoms with Gasteiger partial charge < -0.3 is 5.73 Å². The highest BCUT2D eigenvalue weighted by molar-refractivity contribution is 7.21. The van der Waals surface area contributed by atoms with Crippen molar-refractivity contribution in [3.8, 4) is 10.6 Å². The lowest BCUT2D eigenvalue weighted by Gasteiger charge is -1.95. The Morgan fingerprint density at radius 2 is 2.06 bits per heavy atom. The van der Waals surface area contributed by atoms with Gasteiger partial charge in [0.15, 0.2) is 0 Å². The zero-order valence-corrected chi connectivity index (χ0v) is 10.2. The maximum Gasteiger partial charge on any atom is 0.126 e. The molecule has 0 atom stereocenters. The average molecular weight is 241 g/mol. The number of hydrogen-bond acceptors (Lipinski definition) is 4. The third-order valence-electron chi connectivity index (χ3n) is 2.53. The summed E-state index contributed by atoms with van der Waals surface area (Å²) >= 11 is 1.64. The molecule has 3 nitrogen and oxygen atoms in total. The molecule has 3 aromatic rings. The molecule has 2 aromatic heterocycles. The van der Waals surface area contributed by atoms with Gasteiger partial charge in [-0.3, -0.25) is 4.98 Å². The van der Waals surface area contributed by atoms with Crippen LogP contribution in [0.5, 0.6) is 0 Å². The van der Waals surface area contributed by atoms with E-state index in [1.165, 1.54) is 0 Å². The second-order valence-electron chi connectivity index (χ2n) is 4.00. The molecule has 0 aliphatic heterocycles. The van der Waals surface area contributed by atoms with Crippen molar-refractivity contribution in [1.29, 1.82) is 0 Å². The minimum atomic E-state index is 0.773. The number of aromatic nitrogens is 2.